The van der Waals surface area contributed by atoms with Gasteiger partial charge in [-0.3, -0.25) is 4.79 Å². The Labute approximate surface area is 153 Å². The molecule has 2 aliphatic heterocycles. The lowest BCUT2D eigenvalue weighted by Crippen LogP contribution is -2.43. The molecular formula is C20H25N3O3. The van der Waals surface area contributed by atoms with E-state index < -0.39 is 0 Å². The predicted octanol–water partition coefficient (Wildman–Crippen LogP) is 3.61. The van der Waals surface area contributed by atoms with Crippen LogP contribution in [-0.4, -0.2) is 39.7 Å². The summed E-state index contributed by atoms with van der Waals surface area (Å²) in [6.07, 6.45) is 3.37. The summed E-state index contributed by atoms with van der Waals surface area (Å²) in [7, 11) is 0. The van der Waals surface area contributed by atoms with Gasteiger partial charge in [0.05, 0.1) is 5.60 Å². The molecule has 1 aromatic heterocycles. The summed E-state index contributed by atoms with van der Waals surface area (Å²) < 4.78 is 11.3. The Morgan fingerprint density at radius 1 is 1.23 bits per heavy atom. The zero-order valence-corrected chi connectivity index (χ0v) is 15.4. The maximum Gasteiger partial charge on any atom is 0.249 e. The fourth-order valence-electron chi connectivity index (χ4n) is 4.04. The van der Waals surface area contributed by atoms with E-state index in [9.17, 15) is 4.79 Å². The summed E-state index contributed by atoms with van der Waals surface area (Å²) in [5, 5.41) is 4.12. The summed E-state index contributed by atoms with van der Waals surface area (Å²) >= 11 is 0. The molecule has 0 saturated carbocycles. The minimum atomic E-state index is -0.237. The van der Waals surface area contributed by atoms with Gasteiger partial charge in [0.2, 0.25) is 17.6 Å². The third-order valence-corrected chi connectivity index (χ3v) is 5.34. The number of aromatic nitrogens is 2. The standard InChI is InChI=1S/C20H25N3O3/c1-20(2)13-15(10-12-25-20)19(24)23-11-6-9-16(23)18-21-17(22-26-18)14-7-4-3-5-8-14/h3-5,7-8,15-16H,6,9-13H2,1-2H3/t15-,16+/m1/s1. The number of ether oxygens (including phenoxy) is 1. The molecule has 26 heavy (non-hydrogen) atoms. The third-order valence-electron chi connectivity index (χ3n) is 5.34. The number of carbonyl (C=O) groups is 1. The van der Waals surface area contributed by atoms with Crippen LogP contribution < -0.4 is 0 Å². The molecule has 0 bridgehead atoms. The first-order valence-electron chi connectivity index (χ1n) is 9.37. The first kappa shape index (κ1) is 17.2. The first-order chi connectivity index (χ1) is 12.5. The fourth-order valence-corrected chi connectivity index (χ4v) is 4.04. The number of nitrogens with zero attached hydrogens (tertiary/aromatic N) is 3. The van der Waals surface area contributed by atoms with Crippen molar-refractivity contribution in [2.45, 2.75) is 51.2 Å². The van der Waals surface area contributed by atoms with Gasteiger partial charge in [0.15, 0.2) is 0 Å². The van der Waals surface area contributed by atoms with E-state index in [0.29, 0.717) is 18.3 Å². The van der Waals surface area contributed by atoms with Crippen molar-refractivity contribution in [3.8, 4) is 11.4 Å². The molecule has 2 atom stereocenters. The van der Waals surface area contributed by atoms with E-state index in [0.717, 1.165) is 37.8 Å². The topological polar surface area (TPSA) is 68.5 Å². The highest BCUT2D eigenvalue weighted by atomic mass is 16.5. The molecule has 2 fully saturated rings. The van der Waals surface area contributed by atoms with E-state index >= 15 is 0 Å². The van der Waals surface area contributed by atoms with E-state index in [1.165, 1.54) is 0 Å². The molecule has 1 aromatic carbocycles. The van der Waals surface area contributed by atoms with E-state index in [4.69, 9.17) is 9.26 Å². The molecule has 0 unspecified atom stereocenters. The maximum absolute atomic E-state index is 13.1. The minimum Gasteiger partial charge on any atom is -0.376 e. The van der Waals surface area contributed by atoms with E-state index in [1.807, 2.05) is 35.2 Å². The van der Waals surface area contributed by atoms with Crippen molar-refractivity contribution in [3.63, 3.8) is 0 Å². The number of rotatable bonds is 3. The normalized spacial score (nSPS) is 25.4. The van der Waals surface area contributed by atoms with Gasteiger partial charge in [0.25, 0.3) is 0 Å². The van der Waals surface area contributed by atoms with Gasteiger partial charge in [0, 0.05) is 24.6 Å². The summed E-state index contributed by atoms with van der Waals surface area (Å²) in [4.78, 5) is 19.6. The lowest BCUT2D eigenvalue weighted by atomic mass is 9.87. The summed E-state index contributed by atoms with van der Waals surface area (Å²) in [6, 6.07) is 9.65. The molecule has 2 aromatic rings. The Morgan fingerprint density at radius 3 is 2.81 bits per heavy atom. The van der Waals surface area contributed by atoms with E-state index in [2.05, 4.69) is 24.0 Å². The molecule has 2 aliphatic rings. The van der Waals surface area contributed by atoms with Gasteiger partial charge < -0.3 is 14.2 Å². The summed E-state index contributed by atoms with van der Waals surface area (Å²) in [5.41, 5.74) is 0.684. The van der Waals surface area contributed by atoms with Gasteiger partial charge in [0.1, 0.15) is 6.04 Å². The first-order valence-corrected chi connectivity index (χ1v) is 9.37. The molecular weight excluding hydrogens is 330 g/mol. The van der Waals surface area contributed by atoms with Gasteiger partial charge in [-0.05, 0) is 39.5 Å². The summed E-state index contributed by atoms with van der Waals surface area (Å²) in [6.45, 7) is 5.50. The summed E-state index contributed by atoms with van der Waals surface area (Å²) in [5.74, 6) is 1.33. The number of hydrogen-bond donors (Lipinski definition) is 0. The van der Waals surface area contributed by atoms with Gasteiger partial charge in [-0.15, -0.1) is 0 Å². The van der Waals surface area contributed by atoms with Crippen LogP contribution in [0.3, 0.4) is 0 Å². The molecule has 4 rings (SSSR count). The second-order valence-electron chi connectivity index (χ2n) is 7.81. The van der Waals surface area contributed by atoms with Crippen LogP contribution in [0.15, 0.2) is 34.9 Å². The van der Waals surface area contributed by atoms with Gasteiger partial charge in [-0.2, -0.15) is 4.98 Å². The monoisotopic (exact) mass is 355 g/mol. The number of amides is 1. The predicted molar refractivity (Wildman–Crippen MR) is 96.2 cm³/mol. The zero-order valence-electron chi connectivity index (χ0n) is 15.4. The van der Waals surface area contributed by atoms with Crippen LogP contribution in [0.25, 0.3) is 11.4 Å². The van der Waals surface area contributed by atoms with Crippen molar-refractivity contribution in [1.82, 2.24) is 15.0 Å². The molecule has 0 spiro atoms. The Hall–Kier alpha value is -2.21. The fraction of sp³-hybridized carbons (Fsp3) is 0.550. The Bertz CT molecular complexity index is 772. The molecule has 0 aliphatic carbocycles. The average molecular weight is 355 g/mol. The molecule has 6 heteroatoms. The van der Waals surface area contributed by atoms with Crippen molar-refractivity contribution in [2.75, 3.05) is 13.2 Å². The van der Waals surface area contributed by atoms with Crippen molar-refractivity contribution in [1.29, 1.82) is 0 Å². The van der Waals surface area contributed by atoms with Crippen LogP contribution in [-0.2, 0) is 9.53 Å². The largest absolute Gasteiger partial charge is 0.376 e. The number of carbonyl (C=O) groups excluding carboxylic acids is 1. The lowest BCUT2D eigenvalue weighted by molar-refractivity contribution is -0.146. The van der Waals surface area contributed by atoms with Crippen LogP contribution in [0.4, 0.5) is 0 Å². The second-order valence-corrected chi connectivity index (χ2v) is 7.81. The lowest BCUT2D eigenvalue weighted by Gasteiger charge is -2.37. The Balaban J connectivity index is 1.52. The highest BCUT2D eigenvalue weighted by molar-refractivity contribution is 5.79. The van der Waals surface area contributed by atoms with E-state index in [-0.39, 0.29) is 23.5 Å². The van der Waals surface area contributed by atoms with Crippen LogP contribution in [0.2, 0.25) is 0 Å². The highest BCUT2D eigenvalue weighted by Gasteiger charge is 2.40. The molecule has 2 saturated heterocycles. The van der Waals surface area contributed by atoms with Crippen LogP contribution >= 0.6 is 0 Å². The number of hydrogen-bond acceptors (Lipinski definition) is 5. The highest BCUT2D eigenvalue weighted by Crippen LogP contribution is 2.36. The Morgan fingerprint density at radius 2 is 2.04 bits per heavy atom. The number of benzene rings is 1. The average Bonchev–Trinajstić information content (AvgIpc) is 3.30. The molecule has 138 valence electrons. The van der Waals surface area contributed by atoms with Gasteiger partial charge >= 0.3 is 0 Å². The smallest absolute Gasteiger partial charge is 0.249 e. The minimum absolute atomic E-state index is 0.0101. The van der Waals surface area contributed by atoms with Crippen molar-refractivity contribution >= 4 is 5.91 Å². The van der Waals surface area contributed by atoms with Crippen molar-refractivity contribution in [3.05, 3.63) is 36.2 Å². The van der Waals surface area contributed by atoms with Crippen LogP contribution in [0.5, 0.6) is 0 Å². The molecule has 0 radical (unpaired) electrons. The number of likely N-dealkylation sites (tertiary alicyclic amines) is 1. The molecule has 1 amide bonds. The van der Waals surface area contributed by atoms with E-state index in [1.54, 1.807) is 0 Å². The quantitative estimate of drug-likeness (QED) is 0.841. The molecule has 3 heterocycles. The van der Waals surface area contributed by atoms with Gasteiger partial charge in [-0.25, -0.2) is 0 Å². The van der Waals surface area contributed by atoms with Crippen LogP contribution in [0, 0.1) is 5.92 Å². The van der Waals surface area contributed by atoms with Crippen molar-refractivity contribution < 1.29 is 14.1 Å². The Kier molecular flexibility index (Phi) is 4.53. The molecule has 0 N–H and O–H groups in total. The van der Waals surface area contributed by atoms with Crippen LogP contribution in [0.1, 0.15) is 51.5 Å². The SMILES string of the molecule is CC1(C)C[C@H](C(=O)N2CCC[C@H]2c2nc(-c3ccccc3)no2)CCO1. The zero-order chi connectivity index (χ0) is 18.1. The van der Waals surface area contributed by atoms with Gasteiger partial charge in [-0.1, -0.05) is 35.5 Å². The maximum atomic E-state index is 13.1. The molecule has 6 nitrogen and oxygen atoms in total. The van der Waals surface area contributed by atoms with Crippen molar-refractivity contribution in [2.24, 2.45) is 5.92 Å². The second kappa shape index (κ2) is 6.83. The third kappa shape index (κ3) is 3.38.